The van der Waals surface area contributed by atoms with Gasteiger partial charge in [0.25, 0.3) is 0 Å². The fraction of sp³-hybridized carbons (Fsp3) is 0.611. The molecular formula is C18H25NO2. The van der Waals surface area contributed by atoms with Crippen molar-refractivity contribution in [1.82, 2.24) is 5.32 Å². The van der Waals surface area contributed by atoms with E-state index in [0.717, 1.165) is 23.8 Å². The minimum atomic E-state index is -0.729. The Morgan fingerprint density at radius 2 is 1.90 bits per heavy atom. The molecule has 1 aromatic rings. The third-order valence-corrected chi connectivity index (χ3v) is 5.02. The van der Waals surface area contributed by atoms with Crippen molar-refractivity contribution in [3.8, 4) is 0 Å². The largest absolute Gasteiger partial charge is 0.480 e. The van der Waals surface area contributed by atoms with E-state index in [1.54, 1.807) is 0 Å². The van der Waals surface area contributed by atoms with Crippen LogP contribution >= 0.6 is 0 Å². The molecule has 3 rings (SSSR count). The van der Waals surface area contributed by atoms with Crippen LogP contribution in [0.1, 0.15) is 44.1 Å². The second-order valence-electron chi connectivity index (χ2n) is 6.71. The van der Waals surface area contributed by atoms with Gasteiger partial charge in [-0.25, -0.2) is 0 Å². The molecule has 2 aliphatic rings. The molecule has 2 aliphatic carbocycles. The van der Waals surface area contributed by atoms with Crippen molar-refractivity contribution in [3.05, 3.63) is 35.9 Å². The third kappa shape index (κ3) is 4.07. The monoisotopic (exact) mass is 287 g/mol. The van der Waals surface area contributed by atoms with E-state index in [4.69, 9.17) is 0 Å². The van der Waals surface area contributed by atoms with Crippen LogP contribution < -0.4 is 5.32 Å². The van der Waals surface area contributed by atoms with E-state index in [-0.39, 0.29) is 0 Å². The molecule has 3 heteroatoms. The van der Waals surface area contributed by atoms with Crippen molar-refractivity contribution in [1.29, 1.82) is 0 Å². The summed E-state index contributed by atoms with van der Waals surface area (Å²) in [4.78, 5) is 11.5. The van der Waals surface area contributed by atoms with E-state index in [1.807, 2.05) is 30.3 Å². The van der Waals surface area contributed by atoms with Gasteiger partial charge in [0.05, 0.1) is 0 Å². The van der Waals surface area contributed by atoms with Gasteiger partial charge in [-0.1, -0.05) is 43.2 Å². The lowest BCUT2D eigenvalue weighted by atomic mass is 9.82. The molecule has 0 heterocycles. The standard InChI is InChI=1S/C18H25NO2/c20-18(21)17(11-13-5-2-1-3-6-13)19-16-8-4-7-15(12-16)14-9-10-14/h1-3,5-6,14-17,19H,4,7-12H2,(H,20,21)/t15?,16?,17-/m1/s1. The van der Waals surface area contributed by atoms with E-state index >= 15 is 0 Å². The highest BCUT2D eigenvalue weighted by atomic mass is 16.4. The molecule has 2 N–H and O–H groups in total. The molecule has 0 spiro atoms. The maximum Gasteiger partial charge on any atom is 0.321 e. The Hall–Kier alpha value is -1.35. The van der Waals surface area contributed by atoms with Gasteiger partial charge in [0.2, 0.25) is 0 Å². The normalized spacial score (nSPS) is 27.2. The highest BCUT2D eigenvalue weighted by molar-refractivity contribution is 5.74. The van der Waals surface area contributed by atoms with Crippen molar-refractivity contribution in [2.45, 2.75) is 57.0 Å². The molecule has 0 aliphatic heterocycles. The van der Waals surface area contributed by atoms with Crippen LogP contribution in [-0.2, 0) is 11.2 Å². The van der Waals surface area contributed by atoms with E-state index in [1.165, 1.54) is 32.1 Å². The van der Waals surface area contributed by atoms with Gasteiger partial charge in [-0.2, -0.15) is 0 Å². The van der Waals surface area contributed by atoms with Gasteiger partial charge in [0.15, 0.2) is 0 Å². The van der Waals surface area contributed by atoms with Crippen LogP contribution in [0.5, 0.6) is 0 Å². The van der Waals surface area contributed by atoms with E-state index in [9.17, 15) is 9.90 Å². The Kier molecular flexibility index (Phi) is 4.59. The van der Waals surface area contributed by atoms with E-state index in [0.29, 0.717) is 12.5 Å². The van der Waals surface area contributed by atoms with Crippen molar-refractivity contribution >= 4 is 5.97 Å². The first kappa shape index (κ1) is 14.6. The molecule has 1 aromatic carbocycles. The van der Waals surface area contributed by atoms with Gasteiger partial charge in [-0.15, -0.1) is 0 Å². The average Bonchev–Trinajstić information content (AvgIpc) is 3.32. The molecular weight excluding hydrogens is 262 g/mol. The zero-order chi connectivity index (χ0) is 14.7. The summed E-state index contributed by atoms with van der Waals surface area (Å²) < 4.78 is 0. The maximum atomic E-state index is 11.5. The number of aliphatic carboxylic acids is 1. The highest BCUT2D eigenvalue weighted by Gasteiger charge is 2.35. The van der Waals surface area contributed by atoms with Crippen molar-refractivity contribution in [2.75, 3.05) is 0 Å². The topological polar surface area (TPSA) is 49.3 Å². The second kappa shape index (κ2) is 6.61. The number of carboxylic acids is 1. The number of carboxylic acid groups (broad SMARTS) is 1. The summed E-state index contributed by atoms with van der Waals surface area (Å²) in [5.74, 6) is 1.04. The smallest absolute Gasteiger partial charge is 0.321 e. The fourth-order valence-corrected chi connectivity index (χ4v) is 3.73. The average molecular weight is 287 g/mol. The highest BCUT2D eigenvalue weighted by Crippen LogP contribution is 2.43. The van der Waals surface area contributed by atoms with Gasteiger partial charge >= 0.3 is 5.97 Å². The summed E-state index contributed by atoms with van der Waals surface area (Å²) in [6.45, 7) is 0. The lowest BCUT2D eigenvalue weighted by molar-refractivity contribution is -0.139. The molecule has 21 heavy (non-hydrogen) atoms. The molecule has 0 amide bonds. The van der Waals surface area contributed by atoms with Crippen LogP contribution in [-0.4, -0.2) is 23.2 Å². The molecule has 0 aromatic heterocycles. The number of carbonyl (C=O) groups is 1. The quantitative estimate of drug-likeness (QED) is 0.844. The Morgan fingerprint density at radius 3 is 2.57 bits per heavy atom. The molecule has 0 radical (unpaired) electrons. The van der Waals surface area contributed by atoms with Crippen LogP contribution in [0.2, 0.25) is 0 Å². The molecule has 3 nitrogen and oxygen atoms in total. The molecule has 2 unspecified atom stereocenters. The minimum absolute atomic E-state index is 0.383. The molecule has 2 saturated carbocycles. The molecule has 0 saturated heterocycles. The van der Waals surface area contributed by atoms with Gasteiger partial charge in [0, 0.05) is 6.04 Å². The summed E-state index contributed by atoms with van der Waals surface area (Å²) in [6.07, 6.45) is 8.25. The summed E-state index contributed by atoms with van der Waals surface area (Å²) >= 11 is 0. The maximum absolute atomic E-state index is 11.5. The summed E-state index contributed by atoms with van der Waals surface area (Å²) in [6, 6.07) is 9.84. The Bertz CT molecular complexity index is 469. The van der Waals surface area contributed by atoms with E-state index in [2.05, 4.69) is 5.32 Å². The van der Waals surface area contributed by atoms with Crippen LogP contribution in [0.4, 0.5) is 0 Å². The van der Waals surface area contributed by atoms with Crippen molar-refractivity contribution in [3.63, 3.8) is 0 Å². The lowest BCUT2D eigenvalue weighted by Gasteiger charge is -2.32. The number of benzene rings is 1. The summed E-state index contributed by atoms with van der Waals surface area (Å²) in [5.41, 5.74) is 1.09. The number of hydrogen-bond acceptors (Lipinski definition) is 2. The van der Waals surface area contributed by atoms with Crippen LogP contribution in [0.25, 0.3) is 0 Å². The Labute approximate surface area is 126 Å². The van der Waals surface area contributed by atoms with Crippen LogP contribution in [0.3, 0.4) is 0 Å². The predicted octanol–water partition coefficient (Wildman–Crippen LogP) is 3.24. The number of nitrogens with one attached hydrogen (secondary N) is 1. The van der Waals surface area contributed by atoms with Gasteiger partial charge in [-0.05, 0) is 49.5 Å². The zero-order valence-corrected chi connectivity index (χ0v) is 12.5. The van der Waals surface area contributed by atoms with Gasteiger partial charge < -0.3 is 10.4 Å². The molecule has 2 fully saturated rings. The Balaban J connectivity index is 1.58. The first-order chi connectivity index (χ1) is 10.2. The molecule has 3 atom stereocenters. The minimum Gasteiger partial charge on any atom is -0.480 e. The van der Waals surface area contributed by atoms with Crippen LogP contribution in [0.15, 0.2) is 30.3 Å². The van der Waals surface area contributed by atoms with Crippen molar-refractivity contribution in [2.24, 2.45) is 11.8 Å². The first-order valence-electron chi connectivity index (χ1n) is 8.25. The van der Waals surface area contributed by atoms with Gasteiger partial charge in [0.1, 0.15) is 6.04 Å². The van der Waals surface area contributed by atoms with Crippen LogP contribution in [0, 0.1) is 11.8 Å². The fourth-order valence-electron chi connectivity index (χ4n) is 3.73. The predicted molar refractivity (Wildman–Crippen MR) is 83.2 cm³/mol. The summed E-state index contributed by atoms with van der Waals surface area (Å²) in [7, 11) is 0. The third-order valence-electron chi connectivity index (χ3n) is 5.02. The first-order valence-corrected chi connectivity index (χ1v) is 8.25. The second-order valence-corrected chi connectivity index (χ2v) is 6.71. The molecule has 114 valence electrons. The van der Waals surface area contributed by atoms with Crippen molar-refractivity contribution < 1.29 is 9.90 Å². The lowest BCUT2D eigenvalue weighted by Crippen LogP contribution is -2.46. The number of hydrogen-bond donors (Lipinski definition) is 2. The zero-order valence-electron chi connectivity index (χ0n) is 12.5. The SMILES string of the molecule is O=C(O)[C@@H](Cc1ccccc1)NC1CCCC(C2CC2)C1. The van der Waals surface area contributed by atoms with E-state index < -0.39 is 12.0 Å². The van der Waals surface area contributed by atoms with Gasteiger partial charge in [-0.3, -0.25) is 4.79 Å². The number of rotatable bonds is 6. The summed E-state index contributed by atoms with van der Waals surface area (Å²) in [5, 5.41) is 12.9. The Morgan fingerprint density at radius 1 is 1.14 bits per heavy atom. The molecule has 0 bridgehead atoms.